The minimum absolute atomic E-state index is 0.0353. The molecule has 1 amide bonds. The van der Waals surface area contributed by atoms with Gasteiger partial charge in [-0.2, -0.15) is 0 Å². The number of carbonyl (C=O) groups is 1. The van der Waals surface area contributed by atoms with Gasteiger partial charge in [-0.1, -0.05) is 24.3 Å². The second-order valence-electron chi connectivity index (χ2n) is 5.72. The average Bonchev–Trinajstić information content (AvgIpc) is 2.93. The second-order valence-corrected chi connectivity index (χ2v) is 6.97. The molecular formula is C18H19IN2O. The number of halogens is 1. The number of likely N-dealkylation sites (N-methyl/N-ethyl adjacent to an activating group) is 1. The zero-order chi connectivity index (χ0) is 15.5. The van der Waals surface area contributed by atoms with Crippen molar-refractivity contribution in [1.82, 2.24) is 4.90 Å². The average molecular weight is 406 g/mol. The molecule has 3 rings (SSSR count). The zero-order valence-corrected chi connectivity index (χ0v) is 14.7. The fourth-order valence-corrected chi connectivity index (χ4v) is 3.42. The molecule has 0 fully saturated rings. The van der Waals surface area contributed by atoms with Gasteiger partial charge in [-0.15, -0.1) is 0 Å². The SMILES string of the molecule is CN(CC(=O)Nc1ccc(I)cc1)C1CCc2ccccc21. The highest BCUT2D eigenvalue weighted by atomic mass is 127. The molecule has 1 atom stereocenters. The Morgan fingerprint density at radius 3 is 2.73 bits per heavy atom. The summed E-state index contributed by atoms with van der Waals surface area (Å²) >= 11 is 2.26. The van der Waals surface area contributed by atoms with Crippen LogP contribution in [0.3, 0.4) is 0 Å². The smallest absolute Gasteiger partial charge is 0.238 e. The molecule has 0 saturated heterocycles. The van der Waals surface area contributed by atoms with Crippen LogP contribution in [0.2, 0.25) is 0 Å². The maximum absolute atomic E-state index is 12.2. The summed E-state index contributed by atoms with van der Waals surface area (Å²) in [5.41, 5.74) is 3.63. The number of benzene rings is 2. The molecule has 3 nitrogen and oxygen atoms in total. The van der Waals surface area contributed by atoms with E-state index < -0.39 is 0 Å². The first kappa shape index (κ1) is 15.5. The molecule has 2 aromatic rings. The zero-order valence-electron chi connectivity index (χ0n) is 12.6. The molecule has 0 aromatic heterocycles. The van der Waals surface area contributed by atoms with Gasteiger partial charge in [-0.05, 0) is 77.9 Å². The van der Waals surface area contributed by atoms with Crippen LogP contribution in [0.5, 0.6) is 0 Å². The number of hydrogen-bond donors (Lipinski definition) is 1. The topological polar surface area (TPSA) is 32.3 Å². The lowest BCUT2D eigenvalue weighted by atomic mass is 10.1. The van der Waals surface area contributed by atoms with Crippen molar-refractivity contribution < 1.29 is 4.79 Å². The van der Waals surface area contributed by atoms with Crippen molar-refractivity contribution in [2.45, 2.75) is 18.9 Å². The monoisotopic (exact) mass is 406 g/mol. The summed E-state index contributed by atoms with van der Waals surface area (Å²) < 4.78 is 1.16. The number of fused-ring (bicyclic) bond motifs is 1. The normalized spacial score (nSPS) is 16.6. The predicted octanol–water partition coefficient (Wildman–Crippen LogP) is 3.85. The molecular weight excluding hydrogens is 387 g/mol. The van der Waals surface area contributed by atoms with Gasteiger partial charge < -0.3 is 5.32 Å². The van der Waals surface area contributed by atoms with E-state index in [-0.39, 0.29) is 5.91 Å². The van der Waals surface area contributed by atoms with E-state index in [1.165, 1.54) is 11.1 Å². The molecule has 0 aliphatic heterocycles. The van der Waals surface area contributed by atoms with Crippen LogP contribution in [-0.2, 0) is 11.2 Å². The summed E-state index contributed by atoms with van der Waals surface area (Å²) in [6.07, 6.45) is 2.19. The van der Waals surface area contributed by atoms with Gasteiger partial charge in [0.25, 0.3) is 0 Å². The Bertz CT molecular complexity index is 669. The van der Waals surface area contributed by atoms with Gasteiger partial charge in [0.15, 0.2) is 0 Å². The van der Waals surface area contributed by atoms with Crippen molar-refractivity contribution in [2.24, 2.45) is 0 Å². The first-order valence-electron chi connectivity index (χ1n) is 7.47. The minimum atomic E-state index is 0.0353. The second kappa shape index (κ2) is 6.79. The fourth-order valence-electron chi connectivity index (χ4n) is 3.06. The van der Waals surface area contributed by atoms with Crippen LogP contribution in [0, 0.1) is 3.57 Å². The van der Waals surface area contributed by atoms with Gasteiger partial charge in [0.1, 0.15) is 0 Å². The van der Waals surface area contributed by atoms with E-state index in [1.807, 2.05) is 31.3 Å². The van der Waals surface area contributed by atoms with Crippen LogP contribution in [0.25, 0.3) is 0 Å². The van der Waals surface area contributed by atoms with E-state index >= 15 is 0 Å². The van der Waals surface area contributed by atoms with E-state index in [9.17, 15) is 4.79 Å². The van der Waals surface area contributed by atoms with Crippen LogP contribution in [0.1, 0.15) is 23.6 Å². The number of amides is 1. The van der Waals surface area contributed by atoms with Crippen LogP contribution >= 0.6 is 22.6 Å². The van der Waals surface area contributed by atoms with Crippen molar-refractivity contribution in [2.75, 3.05) is 18.9 Å². The largest absolute Gasteiger partial charge is 0.325 e. The lowest BCUT2D eigenvalue weighted by molar-refractivity contribution is -0.117. The van der Waals surface area contributed by atoms with Crippen LogP contribution < -0.4 is 5.32 Å². The highest BCUT2D eigenvalue weighted by Crippen LogP contribution is 2.34. The maximum atomic E-state index is 12.2. The molecule has 0 heterocycles. The van der Waals surface area contributed by atoms with Crippen molar-refractivity contribution >= 4 is 34.2 Å². The fraction of sp³-hybridized carbons (Fsp3) is 0.278. The van der Waals surface area contributed by atoms with Crippen LogP contribution in [-0.4, -0.2) is 24.4 Å². The molecule has 22 heavy (non-hydrogen) atoms. The highest BCUT2D eigenvalue weighted by molar-refractivity contribution is 14.1. The van der Waals surface area contributed by atoms with E-state index in [2.05, 4.69) is 57.1 Å². The summed E-state index contributed by atoms with van der Waals surface area (Å²) in [5, 5.41) is 2.96. The molecule has 1 N–H and O–H groups in total. The summed E-state index contributed by atoms with van der Waals surface area (Å²) in [6, 6.07) is 16.7. The molecule has 1 unspecified atom stereocenters. The third-order valence-electron chi connectivity index (χ3n) is 4.15. The van der Waals surface area contributed by atoms with E-state index in [0.29, 0.717) is 12.6 Å². The Balaban J connectivity index is 1.61. The third-order valence-corrected chi connectivity index (χ3v) is 4.87. The number of carbonyl (C=O) groups excluding carboxylic acids is 1. The Hall–Kier alpha value is -1.40. The van der Waals surface area contributed by atoms with Gasteiger partial charge in [-0.3, -0.25) is 9.69 Å². The van der Waals surface area contributed by atoms with Gasteiger partial charge in [0, 0.05) is 15.3 Å². The summed E-state index contributed by atoms with van der Waals surface area (Å²) in [7, 11) is 2.03. The van der Waals surface area contributed by atoms with Crippen molar-refractivity contribution in [3.8, 4) is 0 Å². The number of nitrogens with one attached hydrogen (secondary N) is 1. The molecule has 0 saturated carbocycles. The predicted molar refractivity (Wildman–Crippen MR) is 97.9 cm³/mol. The van der Waals surface area contributed by atoms with E-state index in [1.54, 1.807) is 0 Å². The first-order valence-corrected chi connectivity index (χ1v) is 8.55. The Kier molecular flexibility index (Phi) is 4.78. The standard InChI is InChI=1S/C18H19IN2O/c1-21(17-11-6-13-4-2-3-5-16(13)17)12-18(22)20-15-9-7-14(19)8-10-15/h2-5,7-10,17H,6,11-12H2,1H3,(H,20,22). The molecule has 114 valence electrons. The number of hydrogen-bond acceptors (Lipinski definition) is 2. The minimum Gasteiger partial charge on any atom is -0.325 e. The molecule has 0 bridgehead atoms. The van der Waals surface area contributed by atoms with E-state index in [0.717, 1.165) is 22.1 Å². The van der Waals surface area contributed by atoms with Crippen molar-refractivity contribution in [3.63, 3.8) is 0 Å². The third kappa shape index (κ3) is 3.50. The number of nitrogens with zero attached hydrogens (tertiary/aromatic N) is 1. The summed E-state index contributed by atoms with van der Waals surface area (Å²) in [6.45, 7) is 0.408. The molecule has 1 aliphatic carbocycles. The lowest BCUT2D eigenvalue weighted by Gasteiger charge is -2.24. The van der Waals surface area contributed by atoms with E-state index in [4.69, 9.17) is 0 Å². The number of rotatable bonds is 4. The number of anilines is 1. The van der Waals surface area contributed by atoms with Gasteiger partial charge in [-0.25, -0.2) is 0 Å². The van der Waals surface area contributed by atoms with Crippen LogP contribution in [0.15, 0.2) is 48.5 Å². The molecule has 0 radical (unpaired) electrons. The first-order chi connectivity index (χ1) is 10.6. The lowest BCUT2D eigenvalue weighted by Crippen LogP contribution is -2.32. The van der Waals surface area contributed by atoms with Crippen molar-refractivity contribution in [3.05, 3.63) is 63.2 Å². The van der Waals surface area contributed by atoms with Gasteiger partial charge in [0.2, 0.25) is 5.91 Å². The highest BCUT2D eigenvalue weighted by Gasteiger charge is 2.26. The quantitative estimate of drug-likeness (QED) is 0.783. The molecule has 2 aromatic carbocycles. The van der Waals surface area contributed by atoms with Crippen molar-refractivity contribution in [1.29, 1.82) is 0 Å². The molecule has 1 aliphatic rings. The maximum Gasteiger partial charge on any atom is 0.238 e. The number of aryl methyl sites for hydroxylation is 1. The van der Waals surface area contributed by atoms with Gasteiger partial charge in [0.05, 0.1) is 6.54 Å². The van der Waals surface area contributed by atoms with Gasteiger partial charge >= 0.3 is 0 Å². The summed E-state index contributed by atoms with van der Waals surface area (Å²) in [5.74, 6) is 0.0353. The Labute approximate surface area is 144 Å². The van der Waals surface area contributed by atoms with Crippen LogP contribution in [0.4, 0.5) is 5.69 Å². The Morgan fingerprint density at radius 2 is 1.95 bits per heavy atom. The molecule has 4 heteroatoms. The summed E-state index contributed by atoms with van der Waals surface area (Å²) in [4.78, 5) is 14.4. The molecule has 0 spiro atoms. The Morgan fingerprint density at radius 1 is 1.23 bits per heavy atom.